The van der Waals surface area contributed by atoms with Crippen molar-refractivity contribution < 1.29 is 0 Å². The maximum Gasteiger partial charge on any atom is 0.0698 e. The molecule has 1 atom stereocenters. The van der Waals surface area contributed by atoms with Crippen molar-refractivity contribution in [3.63, 3.8) is 0 Å². The lowest BCUT2D eigenvalue weighted by Gasteiger charge is -2.24. The predicted octanol–water partition coefficient (Wildman–Crippen LogP) is 0.704. The molecule has 0 aromatic rings. The van der Waals surface area contributed by atoms with Gasteiger partial charge in [0.05, 0.1) is 6.04 Å². The molecule has 1 aliphatic carbocycles. The second-order valence-corrected chi connectivity index (χ2v) is 3.98. The zero-order chi connectivity index (χ0) is 11.2. The minimum atomic E-state index is 0.358. The van der Waals surface area contributed by atoms with E-state index < -0.39 is 0 Å². The van der Waals surface area contributed by atoms with Gasteiger partial charge in [0, 0.05) is 19.6 Å². The van der Waals surface area contributed by atoms with Crippen molar-refractivity contribution in [1.82, 2.24) is 16.0 Å². The molecule has 3 N–H and O–H groups in total. The summed E-state index contributed by atoms with van der Waals surface area (Å²) in [6, 6.07) is 0.358. The summed E-state index contributed by atoms with van der Waals surface area (Å²) in [7, 11) is 1.97. The number of allylic oxidation sites excluding steroid dienone is 2. The van der Waals surface area contributed by atoms with Gasteiger partial charge in [-0.05, 0) is 30.5 Å². The second-order valence-electron chi connectivity index (χ2n) is 3.98. The van der Waals surface area contributed by atoms with Crippen LogP contribution in [-0.4, -0.2) is 32.7 Å². The van der Waals surface area contributed by atoms with Gasteiger partial charge in [-0.2, -0.15) is 0 Å². The Morgan fingerprint density at radius 3 is 3.06 bits per heavy atom. The maximum absolute atomic E-state index is 3.43. The Bertz CT molecular complexity index is 350. The average Bonchev–Trinajstić information content (AvgIpc) is 2.35. The van der Waals surface area contributed by atoms with Crippen LogP contribution in [0.3, 0.4) is 0 Å². The molecule has 1 aliphatic heterocycles. The first-order valence-electron chi connectivity index (χ1n) is 5.77. The van der Waals surface area contributed by atoms with Crippen LogP contribution in [0.25, 0.3) is 0 Å². The molecule has 0 saturated heterocycles. The molecule has 2 aliphatic rings. The van der Waals surface area contributed by atoms with Gasteiger partial charge >= 0.3 is 0 Å². The van der Waals surface area contributed by atoms with Crippen LogP contribution < -0.4 is 16.0 Å². The highest BCUT2D eigenvalue weighted by atomic mass is 14.9. The average molecular weight is 217 g/mol. The molecule has 0 saturated carbocycles. The van der Waals surface area contributed by atoms with Crippen LogP contribution in [0.2, 0.25) is 0 Å². The molecule has 0 spiro atoms. The highest BCUT2D eigenvalue weighted by Gasteiger charge is 2.15. The standard InChI is InChI=1S/C13H19N3/c1-14-8-9-15-10-11-6-7-16-13-5-3-2-4-12(11)13/h2-7,13-16H,8-10H2,1H3. The van der Waals surface area contributed by atoms with E-state index in [1.807, 2.05) is 13.2 Å². The monoisotopic (exact) mass is 217 g/mol. The summed E-state index contributed by atoms with van der Waals surface area (Å²) in [6.45, 7) is 2.94. The molecule has 1 heterocycles. The molecule has 1 unspecified atom stereocenters. The van der Waals surface area contributed by atoms with E-state index in [0.29, 0.717) is 6.04 Å². The first-order chi connectivity index (χ1) is 7.92. The fraction of sp³-hybridized carbons (Fsp3) is 0.385. The van der Waals surface area contributed by atoms with Crippen LogP contribution in [0.15, 0.2) is 47.7 Å². The summed E-state index contributed by atoms with van der Waals surface area (Å²) in [6.07, 6.45) is 12.8. The Labute approximate surface area is 97.0 Å². The molecular formula is C13H19N3. The molecule has 16 heavy (non-hydrogen) atoms. The largest absolute Gasteiger partial charge is 0.381 e. The van der Waals surface area contributed by atoms with Crippen molar-refractivity contribution in [2.24, 2.45) is 0 Å². The summed E-state index contributed by atoms with van der Waals surface area (Å²) >= 11 is 0. The van der Waals surface area contributed by atoms with Gasteiger partial charge in [-0.15, -0.1) is 0 Å². The van der Waals surface area contributed by atoms with Crippen LogP contribution in [0, 0.1) is 0 Å². The van der Waals surface area contributed by atoms with E-state index >= 15 is 0 Å². The lowest BCUT2D eigenvalue weighted by Crippen LogP contribution is -2.32. The lowest BCUT2D eigenvalue weighted by molar-refractivity contribution is 0.674. The van der Waals surface area contributed by atoms with Crippen LogP contribution in [0.5, 0.6) is 0 Å². The number of rotatable bonds is 5. The van der Waals surface area contributed by atoms with E-state index in [2.05, 4.69) is 46.3 Å². The highest BCUT2D eigenvalue weighted by molar-refractivity contribution is 5.46. The molecule has 0 bridgehead atoms. The molecule has 3 heteroatoms. The van der Waals surface area contributed by atoms with Gasteiger partial charge < -0.3 is 16.0 Å². The lowest BCUT2D eigenvalue weighted by atomic mass is 9.94. The predicted molar refractivity (Wildman–Crippen MR) is 68.2 cm³/mol. The van der Waals surface area contributed by atoms with Crippen molar-refractivity contribution in [3.05, 3.63) is 47.7 Å². The van der Waals surface area contributed by atoms with E-state index in [1.165, 1.54) is 11.1 Å². The Morgan fingerprint density at radius 1 is 1.25 bits per heavy atom. The summed E-state index contributed by atoms with van der Waals surface area (Å²) in [5.74, 6) is 0. The molecule has 0 aromatic carbocycles. The van der Waals surface area contributed by atoms with E-state index in [-0.39, 0.29) is 0 Å². The van der Waals surface area contributed by atoms with Crippen LogP contribution in [-0.2, 0) is 0 Å². The normalized spacial score (nSPS) is 22.2. The first kappa shape index (κ1) is 11.2. The second kappa shape index (κ2) is 5.68. The van der Waals surface area contributed by atoms with Crippen molar-refractivity contribution >= 4 is 0 Å². The van der Waals surface area contributed by atoms with E-state index in [0.717, 1.165) is 19.6 Å². The zero-order valence-corrected chi connectivity index (χ0v) is 9.66. The third-order valence-electron chi connectivity index (χ3n) is 2.82. The molecule has 2 rings (SSSR count). The van der Waals surface area contributed by atoms with Crippen molar-refractivity contribution in [1.29, 1.82) is 0 Å². The molecule has 86 valence electrons. The minimum absolute atomic E-state index is 0.358. The zero-order valence-electron chi connectivity index (χ0n) is 9.66. The summed E-state index contributed by atoms with van der Waals surface area (Å²) < 4.78 is 0. The van der Waals surface area contributed by atoms with Crippen LogP contribution in [0.4, 0.5) is 0 Å². The molecule has 0 amide bonds. The minimum Gasteiger partial charge on any atom is -0.381 e. The van der Waals surface area contributed by atoms with E-state index in [9.17, 15) is 0 Å². The molecule has 3 nitrogen and oxygen atoms in total. The Morgan fingerprint density at radius 2 is 2.19 bits per heavy atom. The highest BCUT2D eigenvalue weighted by Crippen LogP contribution is 2.19. The smallest absolute Gasteiger partial charge is 0.0698 e. The van der Waals surface area contributed by atoms with Gasteiger partial charge in [0.25, 0.3) is 0 Å². The van der Waals surface area contributed by atoms with Gasteiger partial charge in [-0.1, -0.05) is 24.3 Å². The Hall–Kier alpha value is -1.32. The van der Waals surface area contributed by atoms with Crippen molar-refractivity contribution in [2.45, 2.75) is 6.04 Å². The quantitative estimate of drug-likeness (QED) is 0.593. The summed E-state index contributed by atoms with van der Waals surface area (Å²) in [5, 5.41) is 9.90. The Kier molecular flexibility index (Phi) is 3.97. The Balaban J connectivity index is 1.96. The summed E-state index contributed by atoms with van der Waals surface area (Å²) in [4.78, 5) is 0. The number of dihydropyridines is 1. The van der Waals surface area contributed by atoms with Gasteiger partial charge in [0.1, 0.15) is 0 Å². The summed E-state index contributed by atoms with van der Waals surface area (Å²) in [5.41, 5.74) is 2.75. The van der Waals surface area contributed by atoms with Crippen LogP contribution >= 0.6 is 0 Å². The molecular weight excluding hydrogens is 198 g/mol. The molecule has 0 radical (unpaired) electrons. The molecule has 0 aromatic heterocycles. The number of nitrogens with one attached hydrogen (secondary N) is 3. The topological polar surface area (TPSA) is 36.1 Å². The van der Waals surface area contributed by atoms with Crippen LogP contribution in [0.1, 0.15) is 0 Å². The van der Waals surface area contributed by atoms with Crippen molar-refractivity contribution in [2.75, 3.05) is 26.7 Å². The third kappa shape index (κ3) is 2.62. The molecule has 0 fully saturated rings. The number of likely N-dealkylation sites (N-methyl/N-ethyl adjacent to an activating group) is 1. The number of hydrogen-bond donors (Lipinski definition) is 3. The van der Waals surface area contributed by atoms with Gasteiger partial charge in [-0.3, -0.25) is 0 Å². The first-order valence-corrected chi connectivity index (χ1v) is 5.77. The maximum atomic E-state index is 3.43. The fourth-order valence-corrected chi connectivity index (χ4v) is 1.94. The van der Waals surface area contributed by atoms with Gasteiger partial charge in [-0.25, -0.2) is 0 Å². The van der Waals surface area contributed by atoms with Crippen molar-refractivity contribution in [3.8, 4) is 0 Å². The SMILES string of the molecule is CNCCNCC1=C2C=CC=CC2NC=C1. The van der Waals surface area contributed by atoms with E-state index in [4.69, 9.17) is 0 Å². The van der Waals surface area contributed by atoms with Gasteiger partial charge in [0.2, 0.25) is 0 Å². The fourth-order valence-electron chi connectivity index (χ4n) is 1.94. The number of hydrogen-bond acceptors (Lipinski definition) is 3. The van der Waals surface area contributed by atoms with Gasteiger partial charge in [0.15, 0.2) is 0 Å². The van der Waals surface area contributed by atoms with E-state index in [1.54, 1.807) is 0 Å². The third-order valence-corrected chi connectivity index (χ3v) is 2.82. The number of fused-ring (bicyclic) bond motifs is 1.